The number of nitrogens with zero attached hydrogens (tertiary/aromatic N) is 2. The molecule has 2 rings (SSSR count). The van der Waals surface area contributed by atoms with Crippen molar-refractivity contribution in [2.24, 2.45) is 0 Å². The molecule has 0 saturated heterocycles. The molecule has 1 heterocycles. The van der Waals surface area contributed by atoms with Gasteiger partial charge in [-0.05, 0) is 38.0 Å². The molecule has 2 aromatic rings. The fourth-order valence-corrected chi connectivity index (χ4v) is 3.59. The van der Waals surface area contributed by atoms with Gasteiger partial charge in [0.15, 0.2) is 5.16 Å². The lowest BCUT2D eigenvalue weighted by Gasteiger charge is -2.16. The van der Waals surface area contributed by atoms with Crippen LogP contribution in [0.3, 0.4) is 0 Å². The van der Waals surface area contributed by atoms with Crippen LogP contribution in [0.15, 0.2) is 28.2 Å². The molecule has 142 valence electrons. The average molecular weight is 398 g/mol. The van der Waals surface area contributed by atoms with Gasteiger partial charge in [0.25, 0.3) is 5.56 Å². The molecule has 1 atom stereocenters. The van der Waals surface area contributed by atoms with Gasteiger partial charge in [0.1, 0.15) is 0 Å². The van der Waals surface area contributed by atoms with E-state index in [9.17, 15) is 14.7 Å². The third kappa shape index (κ3) is 5.22. The maximum atomic E-state index is 12.8. The largest absolute Gasteiger partial charge is 0.392 e. The molecule has 0 aliphatic heterocycles. The second kappa shape index (κ2) is 9.39. The highest BCUT2D eigenvalue weighted by Crippen LogP contribution is 2.20. The highest BCUT2D eigenvalue weighted by atomic mass is 35.5. The minimum absolute atomic E-state index is 0.104. The lowest BCUT2D eigenvalue weighted by Crippen LogP contribution is -2.35. The summed E-state index contributed by atoms with van der Waals surface area (Å²) in [7, 11) is 0. The third-order valence-electron chi connectivity index (χ3n) is 4.01. The zero-order valence-electron chi connectivity index (χ0n) is 15.2. The smallest absolute Gasteiger partial charge is 0.262 e. The summed E-state index contributed by atoms with van der Waals surface area (Å²) in [6, 6.07) is 5.03. The third-order valence-corrected chi connectivity index (χ3v) is 5.22. The topological polar surface area (TPSA) is 84.2 Å². The predicted molar refractivity (Wildman–Crippen MR) is 106 cm³/mol. The Labute approximate surface area is 162 Å². The molecule has 0 spiro atoms. The molecule has 1 unspecified atom stereocenters. The molecule has 26 heavy (non-hydrogen) atoms. The van der Waals surface area contributed by atoms with Gasteiger partial charge in [0.05, 0.1) is 29.3 Å². The number of hydrogen-bond acceptors (Lipinski definition) is 5. The molecular formula is C18H24ClN3O3S. The van der Waals surface area contributed by atoms with E-state index in [0.717, 1.165) is 12.8 Å². The number of hydrogen-bond donors (Lipinski definition) is 2. The Morgan fingerprint density at radius 1 is 1.38 bits per heavy atom. The molecule has 2 N–H and O–H groups in total. The molecule has 0 aliphatic rings. The molecule has 0 radical (unpaired) electrons. The molecule has 0 aliphatic carbocycles. The highest BCUT2D eigenvalue weighted by molar-refractivity contribution is 7.99. The van der Waals surface area contributed by atoms with Crippen molar-refractivity contribution >= 4 is 40.2 Å². The number of thioether (sulfide) groups is 1. The Hall–Kier alpha value is -1.57. The number of halogens is 1. The number of amides is 1. The number of nitrogens with one attached hydrogen (secondary N) is 1. The number of fused-ring (bicyclic) bond motifs is 1. The lowest BCUT2D eigenvalue weighted by molar-refractivity contribution is -0.119. The Morgan fingerprint density at radius 3 is 2.69 bits per heavy atom. The molecule has 0 fully saturated rings. The molecule has 1 aromatic carbocycles. The van der Waals surface area contributed by atoms with Crippen molar-refractivity contribution in [2.45, 2.75) is 57.5 Å². The molecule has 6 nitrogen and oxygen atoms in total. The Balaban J connectivity index is 2.32. The molecular weight excluding hydrogens is 374 g/mol. The van der Waals surface area contributed by atoms with Crippen molar-refractivity contribution in [2.75, 3.05) is 5.75 Å². The van der Waals surface area contributed by atoms with Gasteiger partial charge in [0, 0.05) is 11.1 Å². The van der Waals surface area contributed by atoms with Crippen LogP contribution < -0.4 is 10.9 Å². The van der Waals surface area contributed by atoms with Crippen molar-refractivity contribution in [3.63, 3.8) is 0 Å². The zero-order valence-corrected chi connectivity index (χ0v) is 16.7. The first kappa shape index (κ1) is 20.7. The van der Waals surface area contributed by atoms with Crippen LogP contribution in [0.2, 0.25) is 5.02 Å². The predicted octanol–water partition coefficient (Wildman–Crippen LogP) is 2.83. The van der Waals surface area contributed by atoms with Crippen LogP contribution in [0.4, 0.5) is 0 Å². The van der Waals surface area contributed by atoms with Crippen LogP contribution in [0.5, 0.6) is 0 Å². The van der Waals surface area contributed by atoms with Crippen molar-refractivity contribution < 1.29 is 9.90 Å². The van der Waals surface area contributed by atoms with Crippen LogP contribution in [0.1, 0.15) is 33.6 Å². The van der Waals surface area contributed by atoms with Crippen LogP contribution in [0, 0.1) is 0 Å². The van der Waals surface area contributed by atoms with E-state index < -0.39 is 6.10 Å². The van der Waals surface area contributed by atoms with E-state index >= 15 is 0 Å². The van der Waals surface area contributed by atoms with Gasteiger partial charge < -0.3 is 10.4 Å². The van der Waals surface area contributed by atoms with Crippen LogP contribution >= 0.6 is 23.4 Å². The number of aliphatic hydroxyl groups is 1. The average Bonchev–Trinajstić information content (AvgIpc) is 2.60. The fraction of sp³-hybridized carbons (Fsp3) is 0.500. The van der Waals surface area contributed by atoms with Gasteiger partial charge in [-0.15, -0.1) is 0 Å². The monoisotopic (exact) mass is 397 g/mol. The van der Waals surface area contributed by atoms with Crippen molar-refractivity contribution in [1.82, 2.24) is 14.9 Å². The van der Waals surface area contributed by atoms with Crippen LogP contribution in [-0.2, 0) is 11.3 Å². The Morgan fingerprint density at radius 2 is 2.08 bits per heavy atom. The molecule has 8 heteroatoms. The van der Waals surface area contributed by atoms with Crippen LogP contribution in [-0.4, -0.2) is 38.5 Å². The summed E-state index contributed by atoms with van der Waals surface area (Å²) in [6.07, 6.45) is 1.02. The van der Waals surface area contributed by atoms with E-state index in [4.69, 9.17) is 11.6 Å². The summed E-state index contributed by atoms with van der Waals surface area (Å²) in [5.41, 5.74) is 0.225. The van der Waals surface area contributed by atoms with E-state index in [-0.39, 0.29) is 29.8 Å². The summed E-state index contributed by atoms with van der Waals surface area (Å²) < 4.78 is 1.41. The number of aromatic nitrogens is 2. The standard InChI is InChI=1S/C18H24ClN3O3S/c1-4-13(5-2)20-16(24)10-26-18-21-15-8-12(19)6-7-14(15)17(25)22(18)9-11(3)23/h6-8,11,13,23H,4-5,9-10H2,1-3H3,(H,20,24). The molecule has 1 aromatic heterocycles. The Kier molecular flexibility index (Phi) is 7.49. The molecule has 0 bridgehead atoms. The van der Waals surface area contributed by atoms with Crippen LogP contribution in [0.25, 0.3) is 10.9 Å². The van der Waals surface area contributed by atoms with E-state index in [1.807, 2.05) is 13.8 Å². The minimum atomic E-state index is -0.711. The number of aliphatic hydroxyl groups excluding tert-OH is 1. The minimum Gasteiger partial charge on any atom is -0.392 e. The second-order valence-electron chi connectivity index (χ2n) is 6.19. The van der Waals surface area contributed by atoms with Gasteiger partial charge in [-0.2, -0.15) is 0 Å². The van der Waals surface area contributed by atoms with Gasteiger partial charge in [-0.3, -0.25) is 14.2 Å². The second-order valence-corrected chi connectivity index (χ2v) is 7.57. The maximum absolute atomic E-state index is 12.8. The van der Waals surface area contributed by atoms with Crippen molar-refractivity contribution in [1.29, 1.82) is 0 Å². The molecule has 0 saturated carbocycles. The number of benzene rings is 1. The van der Waals surface area contributed by atoms with Crippen molar-refractivity contribution in [3.8, 4) is 0 Å². The quantitative estimate of drug-likeness (QED) is 0.528. The first-order valence-corrected chi connectivity index (χ1v) is 10.0. The van der Waals surface area contributed by atoms with E-state index in [2.05, 4.69) is 10.3 Å². The first-order valence-electron chi connectivity index (χ1n) is 8.66. The first-order chi connectivity index (χ1) is 12.3. The Bertz CT molecular complexity index is 834. The van der Waals surface area contributed by atoms with Gasteiger partial charge in [-0.25, -0.2) is 4.98 Å². The van der Waals surface area contributed by atoms with E-state index in [1.165, 1.54) is 16.3 Å². The SMILES string of the molecule is CCC(CC)NC(=O)CSc1nc2cc(Cl)ccc2c(=O)n1CC(C)O. The van der Waals surface area contributed by atoms with E-state index in [0.29, 0.717) is 21.1 Å². The normalized spacial score (nSPS) is 12.5. The zero-order chi connectivity index (χ0) is 19.3. The summed E-state index contributed by atoms with van der Waals surface area (Å²) >= 11 is 7.19. The highest BCUT2D eigenvalue weighted by Gasteiger charge is 2.16. The summed E-state index contributed by atoms with van der Waals surface area (Å²) in [6.45, 7) is 5.76. The number of carbonyl (C=O) groups excluding carboxylic acids is 1. The number of rotatable bonds is 8. The van der Waals surface area contributed by atoms with E-state index in [1.54, 1.807) is 25.1 Å². The summed E-state index contributed by atoms with van der Waals surface area (Å²) in [4.78, 5) is 29.4. The number of carbonyl (C=O) groups is 1. The fourth-order valence-electron chi connectivity index (χ4n) is 2.60. The maximum Gasteiger partial charge on any atom is 0.262 e. The van der Waals surface area contributed by atoms with Gasteiger partial charge in [-0.1, -0.05) is 37.2 Å². The van der Waals surface area contributed by atoms with Gasteiger partial charge >= 0.3 is 0 Å². The summed E-state index contributed by atoms with van der Waals surface area (Å²) in [5.74, 6) is 0.0437. The molecule has 1 amide bonds. The van der Waals surface area contributed by atoms with Crippen molar-refractivity contribution in [3.05, 3.63) is 33.6 Å². The summed E-state index contributed by atoms with van der Waals surface area (Å²) in [5, 5.41) is 14.0. The van der Waals surface area contributed by atoms with Gasteiger partial charge in [0.2, 0.25) is 5.91 Å². The lowest BCUT2D eigenvalue weighted by atomic mass is 10.2.